The van der Waals surface area contributed by atoms with Crippen molar-refractivity contribution in [3.05, 3.63) is 5.69 Å². The lowest BCUT2D eigenvalue weighted by Crippen LogP contribution is -2.36. The van der Waals surface area contributed by atoms with Crippen molar-refractivity contribution in [1.29, 1.82) is 0 Å². The molecule has 2 heterocycles. The second kappa shape index (κ2) is 4.36. The van der Waals surface area contributed by atoms with Crippen molar-refractivity contribution in [2.24, 2.45) is 13.0 Å². The van der Waals surface area contributed by atoms with Gasteiger partial charge in [0.15, 0.2) is 0 Å². The fourth-order valence-electron chi connectivity index (χ4n) is 2.63. The molecule has 16 heavy (non-hydrogen) atoms. The molecule has 1 aromatic rings. The maximum Gasteiger partial charge on any atom is 0.150 e. The third-order valence-electron chi connectivity index (χ3n) is 3.63. The first-order valence-electron chi connectivity index (χ1n) is 6.17. The summed E-state index contributed by atoms with van der Waals surface area (Å²) < 4.78 is 1.92. The maximum absolute atomic E-state index is 6.10. The molecule has 0 bridgehead atoms. The van der Waals surface area contributed by atoms with Crippen molar-refractivity contribution in [3.63, 3.8) is 0 Å². The van der Waals surface area contributed by atoms with Gasteiger partial charge in [-0.15, -0.1) is 0 Å². The number of anilines is 2. The van der Waals surface area contributed by atoms with E-state index in [9.17, 15) is 0 Å². The zero-order valence-electron chi connectivity index (χ0n) is 10.5. The predicted molar refractivity (Wildman–Crippen MR) is 67.6 cm³/mol. The summed E-state index contributed by atoms with van der Waals surface area (Å²) in [6.45, 7) is 6.48. The van der Waals surface area contributed by atoms with E-state index in [-0.39, 0.29) is 0 Å². The van der Waals surface area contributed by atoms with Gasteiger partial charge in [-0.3, -0.25) is 4.68 Å². The number of nitrogens with two attached hydrogens (primary N) is 1. The molecule has 1 aliphatic heterocycles. The number of hydrogen-bond acceptors (Lipinski definition) is 3. The van der Waals surface area contributed by atoms with Gasteiger partial charge in [0, 0.05) is 20.1 Å². The van der Waals surface area contributed by atoms with Crippen LogP contribution in [0.3, 0.4) is 0 Å². The molecule has 4 heteroatoms. The van der Waals surface area contributed by atoms with Crippen molar-refractivity contribution >= 4 is 11.5 Å². The van der Waals surface area contributed by atoms with Crippen molar-refractivity contribution in [3.8, 4) is 0 Å². The molecule has 2 N–H and O–H groups in total. The van der Waals surface area contributed by atoms with E-state index in [1.165, 1.54) is 19.3 Å². The molecule has 1 atom stereocenters. The first-order chi connectivity index (χ1) is 7.63. The lowest BCUT2D eigenvalue weighted by Gasteiger charge is -2.34. The summed E-state index contributed by atoms with van der Waals surface area (Å²) in [5.41, 5.74) is 7.88. The normalized spacial score (nSPS) is 21.4. The van der Waals surface area contributed by atoms with E-state index in [1.807, 2.05) is 18.7 Å². The van der Waals surface area contributed by atoms with Gasteiger partial charge in [0.1, 0.15) is 5.82 Å². The molecule has 0 amide bonds. The average Bonchev–Trinajstić information content (AvgIpc) is 2.53. The quantitative estimate of drug-likeness (QED) is 0.832. The van der Waals surface area contributed by atoms with Gasteiger partial charge in [-0.25, -0.2) is 0 Å². The van der Waals surface area contributed by atoms with Crippen LogP contribution in [-0.2, 0) is 7.05 Å². The van der Waals surface area contributed by atoms with Crippen molar-refractivity contribution < 1.29 is 0 Å². The van der Waals surface area contributed by atoms with Gasteiger partial charge in [0.05, 0.1) is 11.4 Å². The maximum atomic E-state index is 6.10. The molecule has 1 aliphatic rings. The standard InChI is InChI=1S/C12H22N4/c1-4-10-6-5-7-16(8-10)12-11(13)9(2)14-15(12)3/h10H,4-8,13H2,1-3H3. The summed E-state index contributed by atoms with van der Waals surface area (Å²) in [5, 5.41) is 4.39. The molecule has 1 saturated heterocycles. The van der Waals surface area contributed by atoms with Gasteiger partial charge in [0.25, 0.3) is 0 Å². The Kier molecular flexibility index (Phi) is 3.08. The molecule has 0 radical (unpaired) electrons. The molecule has 1 unspecified atom stereocenters. The Bertz CT molecular complexity index is 369. The Morgan fingerprint density at radius 2 is 2.25 bits per heavy atom. The number of aryl methyl sites for hydroxylation is 2. The zero-order valence-corrected chi connectivity index (χ0v) is 10.5. The Morgan fingerprint density at radius 1 is 1.50 bits per heavy atom. The topological polar surface area (TPSA) is 47.1 Å². The highest BCUT2D eigenvalue weighted by Gasteiger charge is 2.23. The minimum atomic E-state index is 0.809. The lowest BCUT2D eigenvalue weighted by molar-refractivity contribution is 0.400. The Labute approximate surface area is 97.4 Å². The molecule has 90 valence electrons. The average molecular weight is 222 g/mol. The smallest absolute Gasteiger partial charge is 0.150 e. The number of nitrogen functional groups attached to an aromatic ring is 1. The Morgan fingerprint density at radius 3 is 2.81 bits per heavy atom. The van der Waals surface area contributed by atoms with E-state index >= 15 is 0 Å². The predicted octanol–water partition coefficient (Wildman–Crippen LogP) is 1.94. The van der Waals surface area contributed by atoms with Crippen LogP contribution >= 0.6 is 0 Å². The highest BCUT2D eigenvalue weighted by molar-refractivity contribution is 5.66. The van der Waals surface area contributed by atoms with E-state index in [1.54, 1.807) is 0 Å². The van der Waals surface area contributed by atoms with Gasteiger partial charge in [-0.05, 0) is 25.7 Å². The SMILES string of the molecule is CCC1CCCN(c2c(N)c(C)nn2C)C1. The van der Waals surface area contributed by atoms with Crippen molar-refractivity contribution in [1.82, 2.24) is 9.78 Å². The van der Waals surface area contributed by atoms with E-state index in [0.717, 1.165) is 36.2 Å². The molecular formula is C12H22N4. The third-order valence-corrected chi connectivity index (χ3v) is 3.63. The van der Waals surface area contributed by atoms with E-state index in [4.69, 9.17) is 5.73 Å². The molecule has 2 rings (SSSR count). The number of rotatable bonds is 2. The minimum absolute atomic E-state index is 0.809. The monoisotopic (exact) mass is 222 g/mol. The Hall–Kier alpha value is -1.19. The second-order valence-corrected chi connectivity index (χ2v) is 4.81. The zero-order chi connectivity index (χ0) is 11.7. The van der Waals surface area contributed by atoms with Gasteiger partial charge < -0.3 is 10.6 Å². The first-order valence-corrected chi connectivity index (χ1v) is 6.17. The highest BCUT2D eigenvalue weighted by Crippen LogP contribution is 2.30. The fourth-order valence-corrected chi connectivity index (χ4v) is 2.63. The summed E-state index contributed by atoms with van der Waals surface area (Å²) in [6.07, 6.45) is 3.87. The molecule has 1 aromatic heterocycles. The van der Waals surface area contributed by atoms with Crippen LogP contribution in [0.25, 0.3) is 0 Å². The lowest BCUT2D eigenvalue weighted by atomic mass is 9.95. The number of hydrogen-bond donors (Lipinski definition) is 1. The number of nitrogens with zero attached hydrogens (tertiary/aromatic N) is 3. The molecular weight excluding hydrogens is 200 g/mol. The summed E-state index contributed by atoms with van der Waals surface area (Å²) in [6, 6.07) is 0. The number of aromatic nitrogens is 2. The molecule has 4 nitrogen and oxygen atoms in total. The van der Waals surface area contributed by atoms with Gasteiger partial charge in [-0.2, -0.15) is 5.10 Å². The van der Waals surface area contributed by atoms with E-state index in [0.29, 0.717) is 0 Å². The highest BCUT2D eigenvalue weighted by atomic mass is 15.4. The van der Waals surface area contributed by atoms with Crippen LogP contribution in [0.5, 0.6) is 0 Å². The van der Waals surface area contributed by atoms with Crippen LogP contribution in [0.4, 0.5) is 11.5 Å². The van der Waals surface area contributed by atoms with Crippen molar-refractivity contribution in [2.75, 3.05) is 23.7 Å². The van der Waals surface area contributed by atoms with E-state index < -0.39 is 0 Å². The summed E-state index contributed by atoms with van der Waals surface area (Å²) >= 11 is 0. The largest absolute Gasteiger partial charge is 0.394 e. The van der Waals surface area contributed by atoms with Crippen LogP contribution in [0.2, 0.25) is 0 Å². The van der Waals surface area contributed by atoms with Crippen LogP contribution in [-0.4, -0.2) is 22.9 Å². The van der Waals surface area contributed by atoms with Crippen LogP contribution < -0.4 is 10.6 Å². The molecule has 0 aliphatic carbocycles. The Balaban J connectivity index is 2.23. The van der Waals surface area contributed by atoms with Crippen LogP contribution in [0.1, 0.15) is 31.9 Å². The molecule has 0 spiro atoms. The molecule has 0 aromatic carbocycles. The second-order valence-electron chi connectivity index (χ2n) is 4.81. The van der Waals surface area contributed by atoms with Gasteiger partial charge >= 0.3 is 0 Å². The summed E-state index contributed by atoms with van der Waals surface area (Å²) in [7, 11) is 1.98. The minimum Gasteiger partial charge on any atom is -0.394 e. The summed E-state index contributed by atoms with van der Waals surface area (Å²) in [4.78, 5) is 2.40. The summed E-state index contributed by atoms with van der Waals surface area (Å²) in [5.74, 6) is 1.92. The molecule has 1 fully saturated rings. The molecule has 0 saturated carbocycles. The fraction of sp³-hybridized carbons (Fsp3) is 0.750. The first kappa shape index (κ1) is 11.3. The van der Waals surface area contributed by atoms with Gasteiger partial charge in [-0.1, -0.05) is 13.3 Å². The van der Waals surface area contributed by atoms with Crippen LogP contribution in [0.15, 0.2) is 0 Å². The third kappa shape index (κ3) is 1.88. The van der Waals surface area contributed by atoms with E-state index in [2.05, 4.69) is 16.9 Å². The van der Waals surface area contributed by atoms with Crippen LogP contribution in [0, 0.1) is 12.8 Å². The number of piperidine rings is 1. The van der Waals surface area contributed by atoms with Gasteiger partial charge in [0.2, 0.25) is 0 Å². The van der Waals surface area contributed by atoms with Crippen molar-refractivity contribution in [2.45, 2.75) is 33.1 Å².